The van der Waals surface area contributed by atoms with E-state index in [0.29, 0.717) is 6.54 Å². The zero-order valence-electron chi connectivity index (χ0n) is 10.6. The van der Waals surface area contributed by atoms with Crippen LogP contribution in [0.1, 0.15) is 56.9 Å². The van der Waals surface area contributed by atoms with Crippen molar-refractivity contribution in [2.24, 2.45) is 0 Å². The number of anilines is 1. The molecule has 2 N–H and O–H groups in total. The quantitative estimate of drug-likeness (QED) is 0.832. The first-order chi connectivity index (χ1) is 8.31. The first-order valence-corrected chi connectivity index (χ1v) is 7.68. The summed E-state index contributed by atoms with van der Waals surface area (Å²) in [4.78, 5) is 0. The van der Waals surface area contributed by atoms with Crippen LogP contribution in [0, 0.1) is 0 Å². The van der Waals surface area contributed by atoms with Crippen molar-refractivity contribution in [3.63, 3.8) is 0 Å². The molecule has 1 fully saturated rings. The van der Waals surface area contributed by atoms with E-state index in [9.17, 15) is 5.11 Å². The molecular weight excluding hydrogens is 230 g/mol. The molecule has 0 aliphatic heterocycles. The minimum Gasteiger partial charge on any atom is -0.391 e. The van der Waals surface area contributed by atoms with Gasteiger partial charge in [0.25, 0.3) is 0 Å². The van der Waals surface area contributed by atoms with Gasteiger partial charge in [-0.25, -0.2) is 0 Å². The molecule has 1 unspecified atom stereocenters. The first kappa shape index (κ1) is 12.9. The Balaban J connectivity index is 1.95. The van der Waals surface area contributed by atoms with E-state index >= 15 is 0 Å². The molecule has 0 aromatic carbocycles. The third-order valence-corrected chi connectivity index (χ3v) is 4.60. The predicted molar refractivity (Wildman–Crippen MR) is 74.9 cm³/mol. The first-order valence-electron chi connectivity index (χ1n) is 6.80. The van der Waals surface area contributed by atoms with Crippen LogP contribution >= 0.6 is 11.3 Å². The van der Waals surface area contributed by atoms with Gasteiger partial charge >= 0.3 is 0 Å². The number of aliphatic hydroxyl groups is 1. The summed E-state index contributed by atoms with van der Waals surface area (Å²) >= 11 is 1.77. The van der Waals surface area contributed by atoms with E-state index in [2.05, 4.69) is 16.8 Å². The maximum Gasteiger partial charge on any atom is 0.0918 e. The zero-order chi connectivity index (χ0) is 12.1. The van der Waals surface area contributed by atoms with Crippen LogP contribution in [0.2, 0.25) is 0 Å². The van der Waals surface area contributed by atoms with E-state index in [1.807, 2.05) is 6.92 Å². The molecule has 0 bridgehead atoms. The van der Waals surface area contributed by atoms with Crippen molar-refractivity contribution in [3.8, 4) is 0 Å². The van der Waals surface area contributed by atoms with Crippen molar-refractivity contribution in [2.45, 2.75) is 57.5 Å². The molecule has 0 spiro atoms. The Morgan fingerprint density at radius 3 is 2.88 bits per heavy atom. The van der Waals surface area contributed by atoms with Crippen molar-refractivity contribution >= 4 is 16.3 Å². The van der Waals surface area contributed by atoms with Gasteiger partial charge in [0.15, 0.2) is 0 Å². The van der Waals surface area contributed by atoms with Crippen LogP contribution in [0.3, 0.4) is 0 Å². The summed E-state index contributed by atoms with van der Waals surface area (Å²) in [5.74, 6) is 0.747. The molecule has 1 atom stereocenters. The molecule has 1 aliphatic rings. The summed E-state index contributed by atoms with van der Waals surface area (Å²) in [6.45, 7) is 2.69. The Morgan fingerprint density at radius 1 is 1.41 bits per heavy atom. The Labute approximate surface area is 108 Å². The fourth-order valence-corrected chi connectivity index (χ4v) is 3.44. The number of hydrogen-bond acceptors (Lipinski definition) is 3. The lowest BCUT2D eigenvalue weighted by Crippen LogP contribution is -2.18. The number of nitrogens with one attached hydrogen (secondary N) is 1. The molecule has 2 rings (SSSR count). The second-order valence-corrected chi connectivity index (χ2v) is 5.90. The summed E-state index contributed by atoms with van der Waals surface area (Å²) in [5, 5.41) is 16.5. The minimum absolute atomic E-state index is 0.226. The smallest absolute Gasteiger partial charge is 0.0918 e. The summed E-state index contributed by atoms with van der Waals surface area (Å²) in [6, 6.07) is 2.27. The lowest BCUT2D eigenvalue weighted by atomic mass is 9.85. The van der Waals surface area contributed by atoms with Crippen LogP contribution in [0.5, 0.6) is 0 Å². The Hall–Kier alpha value is -0.540. The van der Waals surface area contributed by atoms with Gasteiger partial charge in [-0.2, -0.15) is 0 Å². The summed E-state index contributed by atoms with van der Waals surface area (Å²) in [5.41, 5.74) is 1.48. The van der Waals surface area contributed by atoms with Crippen LogP contribution in [0.4, 0.5) is 5.00 Å². The number of hydrogen-bond donors (Lipinski definition) is 2. The maximum atomic E-state index is 9.60. The molecule has 1 heterocycles. The predicted octanol–water partition coefficient (Wildman–Crippen LogP) is 3.98. The minimum atomic E-state index is -0.226. The van der Waals surface area contributed by atoms with E-state index in [0.717, 1.165) is 12.3 Å². The highest BCUT2D eigenvalue weighted by molar-refractivity contribution is 7.14. The Bertz CT molecular complexity index is 331. The topological polar surface area (TPSA) is 32.3 Å². The van der Waals surface area contributed by atoms with E-state index in [1.165, 1.54) is 42.7 Å². The van der Waals surface area contributed by atoms with Crippen LogP contribution < -0.4 is 5.32 Å². The molecule has 3 heteroatoms. The molecule has 2 nitrogen and oxygen atoms in total. The number of aliphatic hydroxyl groups excluding tert-OH is 1. The van der Waals surface area contributed by atoms with Crippen molar-refractivity contribution < 1.29 is 5.11 Å². The molecule has 17 heavy (non-hydrogen) atoms. The van der Waals surface area contributed by atoms with Crippen LogP contribution in [0.25, 0.3) is 0 Å². The average Bonchev–Trinajstić information content (AvgIpc) is 2.85. The largest absolute Gasteiger partial charge is 0.391 e. The highest BCUT2D eigenvalue weighted by atomic mass is 32.1. The molecule has 96 valence electrons. The van der Waals surface area contributed by atoms with E-state index in [-0.39, 0.29) is 6.10 Å². The van der Waals surface area contributed by atoms with E-state index in [1.54, 1.807) is 11.3 Å². The second kappa shape index (κ2) is 6.41. The third-order valence-electron chi connectivity index (χ3n) is 3.71. The van der Waals surface area contributed by atoms with E-state index < -0.39 is 0 Å². The second-order valence-electron chi connectivity index (χ2n) is 4.98. The molecule has 1 aromatic rings. The van der Waals surface area contributed by atoms with Gasteiger partial charge in [-0.1, -0.05) is 26.2 Å². The molecule has 1 aliphatic carbocycles. The summed E-state index contributed by atoms with van der Waals surface area (Å²) in [7, 11) is 0. The van der Waals surface area contributed by atoms with Gasteiger partial charge in [-0.3, -0.25) is 0 Å². The van der Waals surface area contributed by atoms with Gasteiger partial charge in [0.2, 0.25) is 0 Å². The van der Waals surface area contributed by atoms with Crippen molar-refractivity contribution in [3.05, 3.63) is 17.0 Å². The number of rotatable bonds is 5. The standard InChI is InChI=1S/C14H23NOS/c1-2-12(16)10-15-14-13(8-9-17-14)11-6-4-3-5-7-11/h8-9,11-12,15-16H,2-7,10H2,1H3. The monoisotopic (exact) mass is 253 g/mol. The van der Waals surface area contributed by atoms with Crippen LogP contribution in [-0.4, -0.2) is 17.8 Å². The number of thiophene rings is 1. The van der Waals surface area contributed by atoms with Crippen molar-refractivity contribution in [2.75, 3.05) is 11.9 Å². The molecule has 0 amide bonds. The van der Waals surface area contributed by atoms with Gasteiger partial charge in [0.05, 0.1) is 11.1 Å². The van der Waals surface area contributed by atoms with Crippen LogP contribution in [-0.2, 0) is 0 Å². The normalized spacial score (nSPS) is 19.2. The average molecular weight is 253 g/mol. The van der Waals surface area contributed by atoms with Gasteiger partial charge in [-0.15, -0.1) is 11.3 Å². The molecular formula is C14H23NOS. The van der Waals surface area contributed by atoms with Gasteiger partial charge in [0.1, 0.15) is 0 Å². The summed E-state index contributed by atoms with van der Waals surface area (Å²) in [6.07, 6.45) is 7.41. The van der Waals surface area contributed by atoms with Crippen molar-refractivity contribution in [1.82, 2.24) is 0 Å². The highest BCUT2D eigenvalue weighted by Gasteiger charge is 2.19. The summed E-state index contributed by atoms with van der Waals surface area (Å²) < 4.78 is 0. The lowest BCUT2D eigenvalue weighted by molar-refractivity contribution is 0.183. The highest BCUT2D eigenvalue weighted by Crippen LogP contribution is 2.38. The van der Waals surface area contributed by atoms with Crippen molar-refractivity contribution in [1.29, 1.82) is 0 Å². The molecule has 1 aromatic heterocycles. The zero-order valence-corrected chi connectivity index (χ0v) is 11.4. The lowest BCUT2D eigenvalue weighted by Gasteiger charge is -2.22. The molecule has 1 saturated carbocycles. The SMILES string of the molecule is CCC(O)CNc1sccc1C1CCCCC1. The molecule has 0 saturated heterocycles. The van der Waals surface area contributed by atoms with Gasteiger partial charge in [0, 0.05) is 6.54 Å². The maximum absolute atomic E-state index is 9.60. The molecule has 0 radical (unpaired) electrons. The van der Waals surface area contributed by atoms with Crippen LogP contribution in [0.15, 0.2) is 11.4 Å². The van der Waals surface area contributed by atoms with E-state index in [4.69, 9.17) is 0 Å². The third kappa shape index (κ3) is 3.46. The van der Waals surface area contributed by atoms with Gasteiger partial charge in [-0.05, 0) is 42.2 Å². The fraction of sp³-hybridized carbons (Fsp3) is 0.714. The Morgan fingerprint density at radius 2 is 2.18 bits per heavy atom. The van der Waals surface area contributed by atoms with Gasteiger partial charge < -0.3 is 10.4 Å². The fourth-order valence-electron chi connectivity index (χ4n) is 2.55. The Kier molecular flexibility index (Phi) is 4.86.